The molecule has 1 aromatic carbocycles. The van der Waals surface area contributed by atoms with Gasteiger partial charge in [0.15, 0.2) is 6.04 Å². The van der Waals surface area contributed by atoms with Gasteiger partial charge in [-0.15, -0.1) is 10.2 Å². The van der Waals surface area contributed by atoms with E-state index in [9.17, 15) is 9.59 Å². The molecule has 1 heterocycles. The number of nitrogens with one attached hydrogen (secondary N) is 1. The third-order valence-electron chi connectivity index (χ3n) is 2.66. The molecule has 1 atom stereocenters. The molecule has 3 N–H and O–H groups in total. The van der Waals surface area contributed by atoms with Crippen molar-refractivity contribution in [2.45, 2.75) is 19.9 Å². The van der Waals surface area contributed by atoms with E-state index in [2.05, 4.69) is 15.5 Å². The van der Waals surface area contributed by atoms with Crippen LogP contribution in [0.2, 0.25) is 0 Å². The molecular formula is C13H14N4O3. The van der Waals surface area contributed by atoms with Crippen molar-refractivity contribution in [3.05, 3.63) is 47.2 Å². The molecule has 7 heteroatoms. The fourth-order valence-electron chi connectivity index (χ4n) is 1.60. The first-order valence-corrected chi connectivity index (χ1v) is 5.94. The average molecular weight is 274 g/mol. The smallest absolute Gasteiger partial charge is 0.252 e. The van der Waals surface area contributed by atoms with Crippen LogP contribution in [0.25, 0.3) is 0 Å². The third-order valence-corrected chi connectivity index (χ3v) is 2.66. The molecule has 104 valence electrons. The predicted octanol–water partition coefficient (Wildman–Crippen LogP) is 0.643. The topological polar surface area (TPSA) is 111 Å². The molecular weight excluding hydrogens is 260 g/mol. The second-order valence-electron chi connectivity index (χ2n) is 4.33. The van der Waals surface area contributed by atoms with Crippen molar-refractivity contribution in [1.82, 2.24) is 15.5 Å². The summed E-state index contributed by atoms with van der Waals surface area (Å²) in [6.45, 7) is 3.49. The monoisotopic (exact) mass is 274 g/mol. The number of carbonyl (C=O) groups excluding carboxylic acids is 2. The Morgan fingerprint density at radius 3 is 2.35 bits per heavy atom. The number of hydrogen-bond acceptors (Lipinski definition) is 5. The fourth-order valence-corrected chi connectivity index (χ4v) is 1.60. The van der Waals surface area contributed by atoms with Gasteiger partial charge in [-0.2, -0.15) is 0 Å². The van der Waals surface area contributed by atoms with Crippen LogP contribution < -0.4 is 11.1 Å². The van der Waals surface area contributed by atoms with Gasteiger partial charge in [0.05, 0.1) is 0 Å². The quantitative estimate of drug-likeness (QED) is 0.850. The molecule has 0 saturated heterocycles. The summed E-state index contributed by atoms with van der Waals surface area (Å²) in [7, 11) is 0. The molecule has 0 bridgehead atoms. The molecule has 0 aliphatic carbocycles. The number of nitrogens with zero attached hydrogens (tertiary/aromatic N) is 2. The zero-order valence-corrected chi connectivity index (χ0v) is 11.1. The average Bonchev–Trinajstić information content (AvgIpc) is 2.82. The van der Waals surface area contributed by atoms with E-state index >= 15 is 0 Å². The van der Waals surface area contributed by atoms with Gasteiger partial charge in [-0.25, -0.2) is 0 Å². The van der Waals surface area contributed by atoms with Crippen molar-refractivity contribution in [2.75, 3.05) is 0 Å². The van der Waals surface area contributed by atoms with Crippen LogP contribution in [-0.2, 0) is 4.79 Å². The highest BCUT2D eigenvalue weighted by atomic mass is 16.4. The first-order chi connectivity index (χ1) is 9.47. The largest absolute Gasteiger partial charge is 0.423 e. The Bertz CT molecular complexity index is 633. The SMILES string of the molecule is Cc1ccc(C(=O)N[C@H](C(N)=O)c2nnc(C)o2)cc1. The lowest BCUT2D eigenvalue weighted by Crippen LogP contribution is -2.37. The van der Waals surface area contributed by atoms with Crippen molar-refractivity contribution >= 4 is 11.8 Å². The van der Waals surface area contributed by atoms with Crippen LogP contribution in [0.3, 0.4) is 0 Å². The van der Waals surface area contributed by atoms with E-state index in [1.54, 1.807) is 31.2 Å². The molecule has 0 aliphatic rings. The van der Waals surface area contributed by atoms with Crippen molar-refractivity contribution in [3.8, 4) is 0 Å². The van der Waals surface area contributed by atoms with Crippen LogP contribution >= 0.6 is 0 Å². The summed E-state index contributed by atoms with van der Waals surface area (Å²) in [6, 6.07) is 5.75. The van der Waals surface area contributed by atoms with Crippen LogP contribution in [0, 0.1) is 13.8 Å². The number of rotatable bonds is 4. The second kappa shape index (κ2) is 5.52. The van der Waals surface area contributed by atoms with Crippen LogP contribution in [0.15, 0.2) is 28.7 Å². The molecule has 0 fully saturated rings. The number of carbonyl (C=O) groups is 2. The number of aromatic nitrogens is 2. The van der Waals surface area contributed by atoms with E-state index in [0.29, 0.717) is 5.56 Å². The lowest BCUT2D eigenvalue weighted by molar-refractivity contribution is -0.120. The number of hydrogen-bond donors (Lipinski definition) is 2. The molecule has 2 amide bonds. The zero-order valence-electron chi connectivity index (χ0n) is 11.1. The second-order valence-corrected chi connectivity index (χ2v) is 4.33. The van der Waals surface area contributed by atoms with Crippen LogP contribution in [0.1, 0.15) is 33.7 Å². The molecule has 2 rings (SSSR count). The summed E-state index contributed by atoms with van der Waals surface area (Å²) in [5.74, 6) is -0.954. The Balaban J connectivity index is 2.18. The zero-order chi connectivity index (χ0) is 14.7. The van der Waals surface area contributed by atoms with Crippen LogP contribution in [0.5, 0.6) is 0 Å². The van der Waals surface area contributed by atoms with Gasteiger partial charge in [-0.1, -0.05) is 17.7 Å². The highest BCUT2D eigenvalue weighted by Crippen LogP contribution is 2.12. The summed E-state index contributed by atoms with van der Waals surface area (Å²) in [4.78, 5) is 23.5. The molecule has 0 spiro atoms. The normalized spacial score (nSPS) is 11.9. The molecule has 7 nitrogen and oxygen atoms in total. The Labute approximate surface area is 115 Å². The molecule has 0 unspecified atom stereocenters. The summed E-state index contributed by atoms with van der Waals surface area (Å²) >= 11 is 0. The van der Waals surface area contributed by atoms with Gasteiger partial charge in [-0.3, -0.25) is 9.59 Å². The van der Waals surface area contributed by atoms with Crippen molar-refractivity contribution in [3.63, 3.8) is 0 Å². The molecule has 0 aliphatic heterocycles. The van der Waals surface area contributed by atoms with Crippen LogP contribution in [-0.4, -0.2) is 22.0 Å². The van der Waals surface area contributed by atoms with E-state index in [4.69, 9.17) is 10.2 Å². The highest BCUT2D eigenvalue weighted by molar-refractivity contribution is 5.97. The van der Waals surface area contributed by atoms with E-state index in [1.165, 1.54) is 0 Å². The number of benzene rings is 1. The standard InChI is InChI=1S/C13H14N4O3/c1-7-3-5-9(6-4-7)12(19)15-10(11(14)18)13-17-16-8(2)20-13/h3-6,10H,1-2H3,(H2,14,18)(H,15,19)/t10-/m1/s1. The molecule has 0 radical (unpaired) electrons. The van der Waals surface area contributed by atoms with Crippen molar-refractivity contribution in [2.24, 2.45) is 5.73 Å². The van der Waals surface area contributed by atoms with Crippen molar-refractivity contribution < 1.29 is 14.0 Å². The van der Waals surface area contributed by atoms with Gasteiger partial charge >= 0.3 is 0 Å². The van der Waals surface area contributed by atoms with E-state index in [-0.39, 0.29) is 11.8 Å². The maximum atomic E-state index is 12.0. The number of amides is 2. The maximum Gasteiger partial charge on any atom is 0.252 e. The Morgan fingerprint density at radius 1 is 1.20 bits per heavy atom. The first-order valence-electron chi connectivity index (χ1n) is 5.94. The van der Waals surface area contributed by atoms with Gasteiger partial charge in [0.1, 0.15) is 0 Å². The number of nitrogens with two attached hydrogens (primary N) is 1. The van der Waals surface area contributed by atoms with Gasteiger partial charge < -0.3 is 15.5 Å². The predicted molar refractivity (Wildman–Crippen MR) is 69.6 cm³/mol. The Morgan fingerprint density at radius 2 is 1.85 bits per heavy atom. The van der Waals surface area contributed by atoms with E-state index in [0.717, 1.165) is 5.56 Å². The Hall–Kier alpha value is -2.70. The van der Waals surface area contributed by atoms with Gasteiger partial charge in [-0.05, 0) is 19.1 Å². The summed E-state index contributed by atoms with van der Waals surface area (Å²) in [5.41, 5.74) is 6.69. The van der Waals surface area contributed by atoms with Gasteiger partial charge in [0.2, 0.25) is 17.7 Å². The number of primary amides is 1. The van der Waals surface area contributed by atoms with E-state index in [1.807, 2.05) is 6.92 Å². The minimum atomic E-state index is -1.15. The minimum absolute atomic E-state index is 0.0320. The molecule has 20 heavy (non-hydrogen) atoms. The highest BCUT2D eigenvalue weighted by Gasteiger charge is 2.26. The van der Waals surface area contributed by atoms with E-state index < -0.39 is 17.9 Å². The summed E-state index contributed by atoms with van der Waals surface area (Å²) in [5, 5.41) is 9.77. The van der Waals surface area contributed by atoms with Gasteiger partial charge in [0.25, 0.3) is 5.91 Å². The maximum absolute atomic E-state index is 12.0. The first kappa shape index (κ1) is 13.7. The lowest BCUT2D eigenvalue weighted by atomic mass is 10.1. The Kier molecular flexibility index (Phi) is 3.79. The lowest BCUT2D eigenvalue weighted by Gasteiger charge is -2.11. The summed E-state index contributed by atoms with van der Waals surface area (Å²) < 4.78 is 5.13. The minimum Gasteiger partial charge on any atom is -0.423 e. The molecule has 2 aromatic rings. The molecule has 1 aromatic heterocycles. The molecule has 0 saturated carbocycles. The number of aryl methyl sites for hydroxylation is 2. The fraction of sp³-hybridized carbons (Fsp3) is 0.231. The van der Waals surface area contributed by atoms with Crippen LogP contribution in [0.4, 0.5) is 0 Å². The van der Waals surface area contributed by atoms with Gasteiger partial charge in [0, 0.05) is 12.5 Å². The third kappa shape index (κ3) is 3.00. The summed E-state index contributed by atoms with van der Waals surface area (Å²) in [6.07, 6.45) is 0. The van der Waals surface area contributed by atoms with Crippen molar-refractivity contribution in [1.29, 1.82) is 0 Å².